The monoisotopic (exact) mass is 349 g/mol. The molecule has 0 fully saturated rings. The Morgan fingerprint density at radius 2 is 1.60 bits per heavy atom. The number of alkyl halides is 2. The van der Waals surface area contributed by atoms with Gasteiger partial charge in [-0.05, 0) is 18.2 Å². The van der Waals surface area contributed by atoms with Crippen LogP contribution in [0, 0.1) is 5.82 Å². The van der Waals surface area contributed by atoms with Crippen molar-refractivity contribution in [2.45, 2.75) is 12.5 Å². The van der Waals surface area contributed by atoms with Crippen LogP contribution in [0.4, 0.5) is 13.2 Å². The average Bonchev–Trinajstić information content (AvgIpc) is 2.82. The van der Waals surface area contributed by atoms with Crippen molar-refractivity contribution in [2.24, 2.45) is 0 Å². The summed E-state index contributed by atoms with van der Waals surface area (Å²) >= 11 is 0. The summed E-state index contributed by atoms with van der Waals surface area (Å²) in [5.41, 5.74) is -0.561. The highest BCUT2D eigenvalue weighted by Crippen LogP contribution is 2.32. The summed E-state index contributed by atoms with van der Waals surface area (Å²) in [7, 11) is 1.09. The van der Waals surface area contributed by atoms with Gasteiger partial charge < -0.3 is 4.74 Å². The minimum absolute atomic E-state index is 0.164. The standard InChI is InChI=1S/C18H14F3NO3/c1-25-10-18(20,21)14-8-4-5-11(15(14)19)9-22-16(23)12-6-2-3-7-13(12)17(22)24/h2-8H,9-10H2,1H3. The molecular formula is C18H14F3NO3. The van der Waals surface area contributed by atoms with Crippen molar-refractivity contribution in [3.63, 3.8) is 0 Å². The maximum Gasteiger partial charge on any atom is 0.298 e. The second-order valence-corrected chi connectivity index (χ2v) is 5.66. The summed E-state index contributed by atoms with van der Waals surface area (Å²) in [5.74, 6) is -5.82. The van der Waals surface area contributed by atoms with Crippen molar-refractivity contribution in [3.8, 4) is 0 Å². The minimum Gasteiger partial charge on any atom is -0.378 e. The lowest BCUT2D eigenvalue weighted by Gasteiger charge is -2.19. The Morgan fingerprint density at radius 3 is 2.16 bits per heavy atom. The molecule has 1 aliphatic rings. The van der Waals surface area contributed by atoms with E-state index in [1.165, 1.54) is 24.3 Å². The van der Waals surface area contributed by atoms with Crippen LogP contribution in [0.3, 0.4) is 0 Å². The molecule has 130 valence electrons. The molecule has 1 aliphatic heterocycles. The zero-order valence-electron chi connectivity index (χ0n) is 13.3. The third-order valence-electron chi connectivity index (χ3n) is 4.01. The fourth-order valence-corrected chi connectivity index (χ4v) is 2.80. The third-order valence-corrected chi connectivity index (χ3v) is 4.01. The highest BCUT2D eigenvalue weighted by Gasteiger charge is 2.38. The largest absolute Gasteiger partial charge is 0.378 e. The molecule has 0 bridgehead atoms. The number of fused-ring (bicyclic) bond motifs is 1. The quantitative estimate of drug-likeness (QED) is 0.778. The predicted octanol–water partition coefficient (Wildman–Crippen LogP) is 3.36. The Bertz CT molecular complexity index is 816. The molecule has 0 spiro atoms. The van der Waals surface area contributed by atoms with Crippen LogP contribution < -0.4 is 0 Å². The van der Waals surface area contributed by atoms with Gasteiger partial charge in [0.25, 0.3) is 17.7 Å². The molecule has 2 aromatic rings. The van der Waals surface area contributed by atoms with Crippen molar-refractivity contribution in [2.75, 3.05) is 13.7 Å². The van der Waals surface area contributed by atoms with Gasteiger partial charge in [-0.15, -0.1) is 0 Å². The molecule has 4 nitrogen and oxygen atoms in total. The van der Waals surface area contributed by atoms with Gasteiger partial charge in [0.15, 0.2) is 0 Å². The molecule has 25 heavy (non-hydrogen) atoms. The van der Waals surface area contributed by atoms with Crippen molar-refractivity contribution < 1.29 is 27.5 Å². The van der Waals surface area contributed by atoms with Crippen molar-refractivity contribution >= 4 is 11.8 Å². The number of rotatable bonds is 5. The normalized spacial score (nSPS) is 14.2. The molecule has 2 aromatic carbocycles. The van der Waals surface area contributed by atoms with E-state index in [1.54, 1.807) is 12.1 Å². The number of methoxy groups -OCH3 is 1. The van der Waals surface area contributed by atoms with Crippen LogP contribution in [-0.4, -0.2) is 30.4 Å². The molecule has 1 heterocycles. The molecule has 0 saturated carbocycles. The topological polar surface area (TPSA) is 46.6 Å². The zero-order chi connectivity index (χ0) is 18.2. The average molecular weight is 349 g/mol. The number of imide groups is 1. The Kier molecular flexibility index (Phi) is 4.34. The molecule has 0 N–H and O–H groups in total. The van der Waals surface area contributed by atoms with E-state index in [9.17, 15) is 22.8 Å². The number of hydrogen-bond donors (Lipinski definition) is 0. The first-order chi connectivity index (χ1) is 11.9. The molecule has 2 amide bonds. The van der Waals surface area contributed by atoms with Gasteiger partial charge in [0.05, 0.1) is 23.2 Å². The van der Waals surface area contributed by atoms with E-state index in [0.29, 0.717) is 0 Å². The molecule has 3 rings (SSSR count). The van der Waals surface area contributed by atoms with Crippen LogP contribution >= 0.6 is 0 Å². The highest BCUT2D eigenvalue weighted by atomic mass is 19.3. The first-order valence-electron chi connectivity index (χ1n) is 7.46. The first-order valence-corrected chi connectivity index (χ1v) is 7.46. The van der Waals surface area contributed by atoms with Gasteiger partial charge in [0.1, 0.15) is 12.4 Å². The summed E-state index contributed by atoms with van der Waals surface area (Å²) in [6.07, 6.45) is 0. The number of benzene rings is 2. The second-order valence-electron chi connectivity index (χ2n) is 5.66. The number of nitrogens with zero attached hydrogens (tertiary/aromatic N) is 1. The maximum absolute atomic E-state index is 14.5. The summed E-state index contributed by atoms with van der Waals surface area (Å²) in [5, 5.41) is 0. The van der Waals surface area contributed by atoms with Crippen LogP contribution in [0.2, 0.25) is 0 Å². The summed E-state index contributed by atoms with van der Waals surface area (Å²) in [6.45, 7) is -1.39. The number of carbonyl (C=O) groups is 2. The van der Waals surface area contributed by atoms with Gasteiger partial charge in [0.2, 0.25) is 0 Å². The van der Waals surface area contributed by atoms with Crippen molar-refractivity contribution in [3.05, 3.63) is 70.5 Å². The fourth-order valence-electron chi connectivity index (χ4n) is 2.80. The van der Waals surface area contributed by atoms with Crippen molar-refractivity contribution in [1.29, 1.82) is 0 Å². The molecule has 0 unspecified atom stereocenters. The van der Waals surface area contributed by atoms with Gasteiger partial charge in [-0.2, -0.15) is 8.78 Å². The Balaban J connectivity index is 1.93. The van der Waals surface area contributed by atoms with Crippen LogP contribution in [-0.2, 0) is 17.2 Å². The van der Waals surface area contributed by atoms with Gasteiger partial charge in [-0.25, -0.2) is 4.39 Å². The Hall–Kier alpha value is -2.67. The van der Waals surface area contributed by atoms with Gasteiger partial charge >= 0.3 is 0 Å². The van der Waals surface area contributed by atoms with Gasteiger partial charge in [-0.3, -0.25) is 14.5 Å². The summed E-state index contributed by atoms with van der Waals surface area (Å²) in [6, 6.07) is 9.70. The van der Waals surface area contributed by atoms with Gasteiger partial charge in [0, 0.05) is 12.7 Å². The van der Waals surface area contributed by atoms with Crippen LogP contribution in [0.25, 0.3) is 0 Å². The molecule has 0 atom stereocenters. The van der Waals surface area contributed by atoms with Crippen LogP contribution in [0.15, 0.2) is 42.5 Å². The molecular weight excluding hydrogens is 335 g/mol. The SMILES string of the molecule is COCC(F)(F)c1cccc(CN2C(=O)c3ccccc3C2=O)c1F. The Morgan fingerprint density at radius 1 is 1.00 bits per heavy atom. The molecule has 0 aromatic heterocycles. The minimum atomic E-state index is -3.52. The maximum atomic E-state index is 14.5. The number of carbonyl (C=O) groups excluding carboxylic acids is 2. The van der Waals surface area contributed by atoms with Crippen LogP contribution in [0.1, 0.15) is 31.8 Å². The number of halogens is 3. The fraction of sp³-hybridized carbons (Fsp3) is 0.222. The van der Waals surface area contributed by atoms with E-state index in [-0.39, 0.29) is 16.7 Å². The predicted molar refractivity (Wildman–Crippen MR) is 82.8 cm³/mol. The second kappa shape index (κ2) is 6.33. The Labute approximate surface area is 141 Å². The first kappa shape index (κ1) is 17.2. The van der Waals surface area contributed by atoms with Gasteiger partial charge in [-0.1, -0.05) is 24.3 Å². The van der Waals surface area contributed by atoms with E-state index in [1.807, 2.05) is 0 Å². The van der Waals surface area contributed by atoms with E-state index < -0.39 is 42.3 Å². The number of amides is 2. The van der Waals surface area contributed by atoms with Crippen LogP contribution in [0.5, 0.6) is 0 Å². The summed E-state index contributed by atoms with van der Waals surface area (Å²) in [4.78, 5) is 25.5. The molecule has 0 radical (unpaired) electrons. The number of hydrogen-bond acceptors (Lipinski definition) is 3. The molecule has 0 saturated heterocycles. The van der Waals surface area contributed by atoms with E-state index in [4.69, 9.17) is 0 Å². The van der Waals surface area contributed by atoms with E-state index >= 15 is 0 Å². The van der Waals surface area contributed by atoms with E-state index in [2.05, 4.69) is 4.74 Å². The lowest BCUT2D eigenvalue weighted by atomic mass is 10.0. The van der Waals surface area contributed by atoms with Crippen molar-refractivity contribution in [1.82, 2.24) is 4.90 Å². The third kappa shape index (κ3) is 2.91. The lowest BCUT2D eigenvalue weighted by molar-refractivity contribution is -0.0722. The zero-order valence-corrected chi connectivity index (χ0v) is 13.3. The van der Waals surface area contributed by atoms with E-state index in [0.717, 1.165) is 18.1 Å². The smallest absolute Gasteiger partial charge is 0.298 e. The lowest BCUT2D eigenvalue weighted by Crippen LogP contribution is -2.30. The highest BCUT2D eigenvalue weighted by molar-refractivity contribution is 6.21. The molecule has 0 aliphatic carbocycles. The number of ether oxygens (including phenoxy) is 1. The summed E-state index contributed by atoms with van der Waals surface area (Å²) < 4.78 is 46.9. The molecule has 7 heteroatoms.